The molecular formula is C13H26N2O2. The van der Waals surface area contributed by atoms with Gasteiger partial charge < -0.3 is 16.2 Å². The summed E-state index contributed by atoms with van der Waals surface area (Å²) in [5.41, 5.74) is 4.57. The third-order valence-electron chi connectivity index (χ3n) is 3.44. The smallest absolute Gasteiger partial charge is 0.221 e. The molecule has 0 saturated heterocycles. The molecule has 0 aromatic rings. The average molecular weight is 242 g/mol. The maximum Gasteiger partial charge on any atom is 0.221 e. The number of hydrogen-bond donors (Lipinski definition) is 3. The van der Waals surface area contributed by atoms with Crippen LogP contribution < -0.4 is 11.1 Å². The zero-order valence-corrected chi connectivity index (χ0v) is 11.3. The molecular weight excluding hydrogens is 216 g/mol. The van der Waals surface area contributed by atoms with Gasteiger partial charge in [0.2, 0.25) is 5.91 Å². The largest absolute Gasteiger partial charge is 0.388 e. The second-order valence-corrected chi connectivity index (χ2v) is 6.35. The Morgan fingerprint density at radius 3 is 2.47 bits per heavy atom. The van der Waals surface area contributed by atoms with Gasteiger partial charge in [0.25, 0.3) is 0 Å². The lowest BCUT2D eigenvalue weighted by atomic mass is 9.79. The molecule has 0 heterocycles. The molecule has 100 valence electrons. The van der Waals surface area contributed by atoms with Crippen molar-refractivity contribution in [1.29, 1.82) is 0 Å². The fourth-order valence-corrected chi connectivity index (χ4v) is 2.22. The molecule has 0 atom stereocenters. The molecule has 4 nitrogen and oxygen atoms in total. The summed E-state index contributed by atoms with van der Waals surface area (Å²) in [4.78, 5) is 11.6. The summed E-state index contributed by atoms with van der Waals surface area (Å²) in [6.07, 6.45) is 3.92. The highest BCUT2D eigenvalue weighted by molar-refractivity contribution is 5.77. The summed E-state index contributed by atoms with van der Waals surface area (Å²) in [5.74, 6) is 0.610. The van der Waals surface area contributed by atoms with Crippen LogP contribution in [0.3, 0.4) is 0 Å². The maximum absolute atomic E-state index is 11.6. The number of carbonyl (C=O) groups is 1. The van der Waals surface area contributed by atoms with E-state index in [1.165, 1.54) is 0 Å². The van der Waals surface area contributed by atoms with Gasteiger partial charge in [-0.05, 0) is 45.4 Å². The Balaban J connectivity index is 2.32. The predicted octanol–water partition coefficient (Wildman–Crippen LogP) is 1.17. The molecule has 0 aromatic heterocycles. The van der Waals surface area contributed by atoms with Crippen LogP contribution in [0.25, 0.3) is 0 Å². The van der Waals surface area contributed by atoms with E-state index in [9.17, 15) is 9.90 Å². The highest BCUT2D eigenvalue weighted by Gasteiger charge is 2.32. The van der Waals surface area contributed by atoms with Gasteiger partial charge in [-0.25, -0.2) is 0 Å². The third kappa shape index (κ3) is 5.50. The van der Waals surface area contributed by atoms with Gasteiger partial charge in [-0.3, -0.25) is 4.79 Å². The molecule has 1 amide bonds. The first kappa shape index (κ1) is 14.5. The molecule has 0 aliphatic heterocycles. The first-order valence-corrected chi connectivity index (χ1v) is 6.48. The number of nitrogens with one attached hydrogen (secondary N) is 1. The SMILES string of the molecule is CC1CCC(O)(CNC(=O)CC(C)(C)N)CC1. The minimum Gasteiger partial charge on any atom is -0.388 e. The zero-order chi connectivity index (χ0) is 13.1. The summed E-state index contributed by atoms with van der Waals surface area (Å²) in [7, 11) is 0. The Bertz CT molecular complexity index is 263. The van der Waals surface area contributed by atoms with E-state index < -0.39 is 11.1 Å². The zero-order valence-electron chi connectivity index (χ0n) is 11.3. The average Bonchev–Trinajstić information content (AvgIpc) is 2.18. The van der Waals surface area contributed by atoms with Crippen LogP contribution in [0.5, 0.6) is 0 Å². The molecule has 4 N–H and O–H groups in total. The van der Waals surface area contributed by atoms with E-state index in [-0.39, 0.29) is 5.91 Å². The van der Waals surface area contributed by atoms with Crippen molar-refractivity contribution >= 4 is 5.91 Å². The fraction of sp³-hybridized carbons (Fsp3) is 0.923. The summed E-state index contributed by atoms with van der Waals surface area (Å²) >= 11 is 0. The molecule has 1 aliphatic rings. The summed E-state index contributed by atoms with van der Waals surface area (Å²) in [5, 5.41) is 13.1. The van der Waals surface area contributed by atoms with Gasteiger partial charge in [0, 0.05) is 18.5 Å². The topological polar surface area (TPSA) is 75.3 Å². The van der Waals surface area contributed by atoms with Gasteiger partial charge >= 0.3 is 0 Å². The van der Waals surface area contributed by atoms with Crippen LogP contribution in [0, 0.1) is 5.92 Å². The lowest BCUT2D eigenvalue weighted by molar-refractivity contribution is -0.123. The van der Waals surface area contributed by atoms with Gasteiger partial charge in [0.05, 0.1) is 5.60 Å². The normalized spacial score (nSPS) is 30.1. The first-order valence-electron chi connectivity index (χ1n) is 6.48. The lowest BCUT2D eigenvalue weighted by Gasteiger charge is -2.35. The van der Waals surface area contributed by atoms with Crippen LogP contribution in [-0.4, -0.2) is 28.7 Å². The van der Waals surface area contributed by atoms with Crippen molar-refractivity contribution in [2.45, 2.75) is 64.0 Å². The Morgan fingerprint density at radius 1 is 1.47 bits per heavy atom. The van der Waals surface area contributed by atoms with E-state index in [0.29, 0.717) is 18.9 Å². The van der Waals surface area contributed by atoms with Gasteiger partial charge in [0.1, 0.15) is 0 Å². The second kappa shape index (κ2) is 5.36. The highest BCUT2D eigenvalue weighted by atomic mass is 16.3. The third-order valence-corrected chi connectivity index (χ3v) is 3.44. The molecule has 1 saturated carbocycles. The van der Waals surface area contributed by atoms with Gasteiger partial charge in [0.15, 0.2) is 0 Å². The number of amides is 1. The van der Waals surface area contributed by atoms with Crippen LogP contribution in [0.4, 0.5) is 0 Å². The number of carbonyl (C=O) groups excluding carboxylic acids is 1. The highest BCUT2D eigenvalue weighted by Crippen LogP contribution is 2.31. The van der Waals surface area contributed by atoms with Gasteiger partial charge in [-0.2, -0.15) is 0 Å². The molecule has 0 radical (unpaired) electrons. The molecule has 0 bridgehead atoms. The van der Waals surface area contributed by atoms with E-state index >= 15 is 0 Å². The van der Waals surface area contributed by atoms with Crippen LogP contribution in [0.1, 0.15) is 52.9 Å². The standard InChI is InChI=1S/C13H26N2O2/c1-10-4-6-13(17,7-5-10)9-15-11(16)8-12(2,3)14/h10,17H,4-9,14H2,1-3H3,(H,15,16). The molecule has 1 rings (SSSR count). The first-order chi connectivity index (χ1) is 7.70. The molecule has 0 spiro atoms. The lowest BCUT2D eigenvalue weighted by Crippen LogP contribution is -2.47. The van der Waals surface area contributed by atoms with E-state index in [4.69, 9.17) is 5.73 Å². The Labute approximate surface area is 104 Å². The van der Waals surface area contributed by atoms with Gasteiger partial charge in [-0.15, -0.1) is 0 Å². The molecule has 0 aromatic carbocycles. The molecule has 1 aliphatic carbocycles. The van der Waals surface area contributed by atoms with E-state index in [2.05, 4.69) is 12.2 Å². The van der Waals surface area contributed by atoms with Crippen molar-refractivity contribution < 1.29 is 9.90 Å². The number of aliphatic hydroxyl groups is 1. The van der Waals surface area contributed by atoms with E-state index in [0.717, 1.165) is 25.7 Å². The summed E-state index contributed by atoms with van der Waals surface area (Å²) in [6, 6.07) is 0. The number of nitrogens with two attached hydrogens (primary N) is 1. The van der Waals surface area contributed by atoms with Crippen LogP contribution in [-0.2, 0) is 4.79 Å². The number of rotatable bonds is 4. The minimum absolute atomic E-state index is 0.0791. The Hall–Kier alpha value is -0.610. The van der Waals surface area contributed by atoms with Crippen LogP contribution in [0.2, 0.25) is 0 Å². The quantitative estimate of drug-likeness (QED) is 0.692. The van der Waals surface area contributed by atoms with Crippen molar-refractivity contribution in [1.82, 2.24) is 5.32 Å². The fourth-order valence-electron chi connectivity index (χ4n) is 2.22. The number of hydrogen-bond acceptors (Lipinski definition) is 3. The van der Waals surface area contributed by atoms with Crippen molar-refractivity contribution in [3.63, 3.8) is 0 Å². The molecule has 4 heteroatoms. The van der Waals surface area contributed by atoms with Crippen LogP contribution in [0.15, 0.2) is 0 Å². The van der Waals surface area contributed by atoms with E-state index in [1.54, 1.807) is 0 Å². The molecule has 0 unspecified atom stereocenters. The second-order valence-electron chi connectivity index (χ2n) is 6.35. The molecule has 1 fully saturated rings. The van der Waals surface area contributed by atoms with Crippen molar-refractivity contribution in [2.75, 3.05) is 6.54 Å². The summed E-state index contributed by atoms with van der Waals surface area (Å²) < 4.78 is 0. The molecule has 17 heavy (non-hydrogen) atoms. The van der Waals surface area contributed by atoms with Crippen molar-refractivity contribution in [3.8, 4) is 0 Å². The summed E-state index contributed by atoms with van der Waals surface area (Å²) in [6.45, 7) is 6.21. The minimum atomic E-state index is -0.707. The van der Waals surface area contributed by atoms with Crippen molar-refractivity contribution in [2.24, 2.45) is 11.7 Å². The maximum atomic E-state index is 11.6. The monoisotopic (exact) mass is 242 g/mol. The van der Waals surface area contributed by atoms with Crippen LogP contribution >= 0.6 is 0 Å². The Kier molecular flexibility index (Phi) is 4.55. The Morgan fingerprint density at radius 2 is 2.00 bits per heavy atom. The predicted molar refractivity (Wildman–Crippen MR) is 68.5 cm³/mol. The van der Waals surface area contributed by atoms with Gasteiger partial charge in [-0.1, -0.05) is 6.92 Å². The van der Waals surface area contributed by atoms with E-state index in [1.807, 2.05) is 13.8 Å². The van der Waals surface area contributed by atoms with Crippen molar-refractivity contribution in [3.05, 3.63) is 0 Å².